The van der Waals surface area contributed by atoms with Crippen molar-refractivity contribution >= 4 is 0 Å². The maximum atomic E-state index is 2.62. The predicted molar refractivity (Wildman–Crippen MR) is 110 cm³/mol. The van der Waals surface area contributed by atoms with E-state index >= 15 is 0 Å². The summed E-state index contributed by atoms with van der Waals surface area (Å²) in [4.78, 5) is 0. The lowest BCUT2D eigenvalue weighted by Gasteiger charge is -2.35. The molecule has 1 atom stereocenters. The highest BCUT2D eigenvalue weighted by atomic mass is 14.3. The Hall–Kier alpha value is -1.04. The number of aryl methyl sites for hydroxylation is 2. The Kier molecular flexibility index (Phi) is 7.20. The quantitative estimate of drug-likeness (QED) is 0.448. The molecule has 0 heterocycles. The molecule has 0 aromatic heterocycles. The largest absolute Gasteiger partial charge is 0.0850 e. The van der Waals surface area contributed by atoms with Crippen LogP contribution in [-0.2, 0) is 6.42 Å². The highest BCUT2D eigenvalue weighted by Crippen LogP contribution is 2.41. The van der Waals surface area contributed by atoms with E-state index in [1.165, 1.54) is 88.2 Å². The second kappa shape index (κ2) is 9.60. The van der Waals surface area contributed by atoms with Gasteiger partial charge in [0.25, 0.3) is 0 Å². The fourth-order valence-electron chi connectivity index (χ4n) is 5.06. The van der Waals surface area contributed by atoms with Gasteiger partial charge in [-0.05, 0) is 75.2 Å². The summed E-state index contributed by atoms with van der Waals surface area (Å²) >= 11 is 0. The van der Waals surface area contributed by atoms with Gasteiger partial charge < -0.3 is 0 Å². The summed E-state index contributed by atoms with van der Waals surface area (Å²) in [5.74, 6) is 3.09. The van der Waals surface area contributed by atoms with Crippen molar-refractivity contribution < 1.29 is 0 Å². The molecule has 1 fully saturated rings. The first-order valence-corrected chi connectivity index (χ1v) is 11.0. The van der Waals surface area contributed by atoms with Crippen molar-refractivity contribution in [1.82, 2.24) is 0 Å². The molecule has 138 valence electrons. The first-order valence-electron chi connectivity index (χ1n) is 11.0. The van der Waals surface area contributed by atoms with E-state index in [-0.39, 0.29) is 0 Å². The molecule has 25 heavy (non-hydrogen) atoms. The lowest BCUT2D eigenvalue weighted by atomic mass is 9.70. The summed E-state index contributed by atoms with van der Waals surface area (Å²) in [7, 11) is 0. The van der Waals surface area contributed by atoms with Gasteiger partial charge in [-0.3, -0.25) is 0 Å². The van der Waals surface area contributed by atoms with Crippen LogP contribution in [0.25, 0.3) is 0 Å². The molecule has 0 saturated heterocycles. The molecular weight excluding hydrogens is 300 g/mol. The van der Waals surface area contributed by atoms with Gasteiger partial charge in [-0.25, -0.2) is 0 Å². The molecule has 1 unspecified atom stereocenters. The van der Waals surface area contributed by atoms with Crippen molar-refractivity contribution in [1.29, 1.82) is 0 Å². The van der Waals surface area contributed by atoms with Gasteiger partial charge in [0, 0.05) is 0 Å². The summed E-state index contributed by atoms with van der Waals surface area (Å²) in [6.45, 7) is 4.50. The van der Waals surface area contributed by atoms with E-state index in [0.717, 1.165) is 17.8 Å². The monoisotopic (exact) mass is 338 g/mol. The van der Waals surface area contributed by atoms with Gasteiger partial charge in [-0.2, -0.15) is 0 Å². The zero-order chi connectivity index (χ0) is 17.5. The molecule has 1 saturated carbocycles. The van der Waals surface area contributed by atoms with Crippen molar-refractivity contribution in [3.63, 3.8) is 0 Å². The van der Waals surface area contributed by atoms with Crippen LogP contribution in [0.2, 0.25) is 0 Å². The molecular formula is C25H38. The van der Waals surface area contributed by atoms with Gasteiger partial charge in [0.1, 0.15) is 0 Å². The fourth-order valence-corrected chi connectivity index (χ4v) is 5.06. The highest BCUT2D eigenvalue weighted by molar-refractivity contribution is 5.22. The van der Waals surface area contributed by atoms with Crippen LogP contribution < -0.4 is 0 Å². The van der Waals surface area contributed by atoms with Crippen molar-refractivity contribution in [2.45, 2.75) is 90.9 Å². The topological polar surface area (TPSA) is 0 Å². The molecule has 0 bridgehead atoms. The molecule has 0 aliphatic heterocycles. The lowest BCUT2D eigenvalue weighted by Crippen LogP contribution is -2.23. The summed E-state index contributed by atoms with van der Waals surface area (Å²) < 4.78 is 0. The number of rotatable bonds is 7. The molecule has 0 amide bonds. The number of benzene rings is 1. The van der Waals surface area contributed by atoms with E-state index in [0.29, 0.717) is 0 Å². The van der Waals surface area contributed by atoms with E-state index < -0.39 is 0 Å². The Morgan fingerprint density at radius 3 is 2.28 bits per heavy atom. The standard InChI is InChI=1S/C25H38/c1-3-4-5-21-12-16-24(17-13-21)25-18-14-23(15-19-25)11-10-22-8-6-20(2)7-9-22/h6-9,14,21,24-25H,3-5,10-13,15-19H2,1-2H3. The molecule has 2 aliphatic rings. The fraction of sp³-hybridized carbons (Fsp3) is 0.680. The van der Waals surface area contributed by atoms with Crippen LogP contribution in [0, 0.1) is 24.7 Å². The molecule has 0 N–H and O–H groups in total. The molecule has 1 aromatic carbocycles. The zero-order valence-electron chi connectivity index (χ0n) is 16.6. The lowest BCUT2D eigenvalue weighted by molar-refractivity contribution is 0.185. The third-order valence-corrected chi connectivity index (χ3v) is 6.92. The molecule has 1 aromatic rings. The third kappa shape index (κ3) is 5.73. The van der Waals surface area contributed by atoms with Crippen molar-refractivity contribution in [2.24, 2.45) is 17.8 Å². The van der Waals surface area contributed by atoms with Gasteiger partial charge >= 0.3 is 0 Å². The van der Waals surface area contributed by atoms with Gasteiger partial charge in [0.2, 0.25) is 0 Å². The summed E-state index contributed by atoms with van der Waals surface area (Å²) in [5.41, 5.74) is 4.60. The maximum Gasteiger partial charge on any atom is -0.0241 e. The molecule has 2 aliphatic carbocycles. The third-order valence-electron chi connectivity index (χ3n) is 6.92. The first-order chi connectivity index (χ1) is 12.2. The van der Waals surface area contributed by atoms with Gasteiger partial charge in [0.05, 0.1) is 0 Å². The average molecular weight is 339 g/mol. The average Bonchev–Trinajstić information content (AvgIpc) is 2.67. The Bertz CT molecular complexity index is 528. The van der Waals surface area contributed by atoms with E-state index in [2.05, 4.69) is 44.2 Å². The second-order valence-corrected chi connectivity index (χ2v) is 8.81. The van der Waals surface area contributed by atoms with Crippen LogP contribution in [-0.4, -0.2) is 0 Å². The van der Waals surface area contributed by atoms with Crippen LogP contribution in [0.4, 0.5) is 0 Å². The second-order valence-electron chi connectivity index (χ2n) is 8.81. The van der Waals surface area contributed by atoms with Crippen LogP contribution in [0.15, 0.2) is 35.9 Å². The Morgan fingerprint density at radius 2 is 1.64 bits per heavy atom. The first kappa shape index (κ1) is 18.7. The number of hydrogen-bond acceptors (Lipinski definition) is 0. The van der Waals surface area contributed by atoms with Gasteiger partial charge in [0.15, 0.2) is 0 Å². The Morgan fingerprint density at radius 1 is 0.880 bits per heavy atom. The molecule has 0 nitrogen and oxygen atoms in total. The minimum atomic E-state index is 0.996. The number of hydrogen-bond donors (Lipinski definition) is 0. The highest BCUT2D eigenvalue weighted by Gasteiger charge is 2.28. The molecule has 0 radical (unpaired) electrons. The number of unbranched alkanes of at least 4 members (excludes halogenated alkanes) is 1. The summed E-state index contributed by atoms with van der Waals surface area (Å²) in [5, 5.41) is 0. The predicted octanol–water partition coefficient (Wildman–Crippen LogP) is 7.65. The van der Waals surface area contributed by atoms with E-state index in [1.807, 2.05) is 0 Å². The van der Waals surface area contributed by atoms with Crippen LogP contribution in [0.1, 0.15) is 88.7 Å². The van der Waals surface area contributed by atoms with Gasteiger partial charge in [-0.15, -0.1) is 0 Å². The van der Waals surface area contributed by atoms with Gasteiger partial charge in [-0.1, -0.05) is 80.5 Å². The van der Waals surface area contributed by atoms with E-state index in [4.69, 9.17) is 0 Å². The summed E-state index contributed by atoms with van der Waals surface area (Å²) in [6, 6.07) is 9.10. The Balaban J connectivity index is 1.39. The van der Waals surface area contributed by atoms with E-state index in [1.54, 1.807) is 5.57 Å². The Labute approximate surface area is 156 Å². The number of allylic oxidation sites excluding steroid dienone is 2. The van der Waals surface area contributed by atoms with Crippen molar-refractivity contribution in [2.75, 3.05) is 0 Å². The van der Waals surface area contributed by atoms with Crippen molar-refractivity contribution in [3.05, 3.63) is 47.0 Å². The summed E-state index contributed by atoms with van der Waals surface area (Å²) in [6.07, 6.45) is 19.7. The normalized spacial score (nSPS) is 27.1. The van der Waals surface area contributed by atoms with Crippen LogP contribution >= 0.6 is 0 Å². The smallest absolute Gasteiger partial charge is 0.0241 e. The SMILES string of the molecule is CCCCC1CCC(C2CC=C(CCc3ccc(C)cc3)CC2)CC1. The molecule has 0 spiro atoms. The van der Waals surface area contributed by atoms with E-state index in [9.17, 15) is 0 Å². The molecule has 3 rings (SSSR count). The van der Waals surface area contributed by atoms with Crippen LogP contribution in [0.3, 0.4) is 0 Å². The molecule has 0 heteroatoms. The minimum absolute atomic E-state index is 0.996. The van der Waals surface area contributed by atoms with Crippen LogP contribution in [0.5, 0.6) is 0 Å². The zero-order valence-corrected chi connectivity index (χ0v) is 16.6. The minimum Gasteiger partial charge on any atom is -0.0850 e. The van der Waals surface area contributed by atoms with Crippen molar-refractivity contribution in [3.8, 4) is 0 Å². The maximum absolute atomic E-state index is 2.62.